The first-order valence-corrected chi connectivity index (χ1v) is 8.78. The zero-order valence-electron chi connectivity index (χ0n) is 15.5. The van der Waals surface area contributed by atoms with Gasteiger partial charge in [0.1, 0.15) is 11.6 Å². The third kappa shape index (κ3) is 3.35. The second-order valence-electron chi connectivity index (χ2n) is 6.33. The highest BCUT2D eigenvalue weighted by molar-refractivity contribution is 5.86. The Balaban J connectivity index is 1.63. The van der Waals surface area contributed by atoms with Crippen LogP contribution in [0.1, 0.15) is 25.1 Å². The van der Waals surface area contributed by atoms with E-state index in [4.69, 9.17) is 9.51 Å². The van der Waals surface area contributed by atoms with E-state index in [1.54, 1.807) is 23.3 Å². The Hall–Kier alpha value is -3.36. The van der Waals surface area contributed by atoms with E-state index in [1.165, 1.54) is 0 Å². The Labute approximate surface area is 156 Å². The summed E-state index contributed by atoms with van der Waals surface area (Å²) < 4.78 is 7.18. The molecule has 0 amide bonds. The van der Waals surface area contributed by atoms with Gasteiger partial charge in [0.2, 0.25) is 11.7 Å². The second kappa shape index (κ2) is 7.10. The first-order chi connectivity index (χ1) is 13.2. The van der Waals surface area contributed by atoms with E-state index in [-0.39, 0.29) is 0 Å². The molecule has 0 saturated heterocycles. The summed E-state index contributed by atoms with van der Waals surface area (Å²) >= 11 is 0. The molecule has 0 aliphatic heterocycles. The molecule has 0 radical (unpaired) electrons. The molecule has 0 spiro atoms. The summed E-state index contributed by atoms with van der Waals surface area (Å²) in [5, 5.41) is 9.26. The van der Waals surface area contributed by atoms with Crippen molar-refractivity contribution in [2.75, 3.05) is 11.9 Å². The standard InChI is InChI=1S/C18H20N8O/c1-4-6-14-21-17(13-10-20-26(3)18(13)22-14)25(2)11-15-23-16(24-27-15)12-7-5-8-19-9-12/h5,7-10H,4,6,11H2,1-3H3. The highest BCUT2D eigenvalue weighted by atomic mass is 16.5. The Morgan fingerprint density at radius 3 is 2.85 bits per heavy atom. The Kier molecular flexibility index (Phi) is 4.49. The van der Waals surface area contributed by atoms with Gasteiger partial charge in [-0.2, -0.15) is 10.1 Å². The van der Waals surface area contributed by atoms with E-state index in [1.807, 2.05) is 31.1 Å². The topological polar surface area (TPSA) is 98.6 Å². The summed E-state index contributed by atoms with van der Waals surface area (Å²) in [4.78, 5) is 19.9. The van der Waals surface area contributed by atoms with Crippen molar-refractivity contribution in [1.29, 1.82) is 0 Å². The van der Waals surface area contributed by atoms with Crippen LogP contribution in [0.15, 0.2) is 35.2 Å². The van der Waals surface area contributed by atoms with Crippen molar-refractivity contribution in [3.63, 3.8) is 0 Å². The van der Waals surface area contributed by atoms with Crippen LogP contribution in [0.2, 0.25) is 0 Å². The molecule has 0 aliphatic carbocycles. The van der Waals surface area contributed by atoms with Crippen LogP contribution in [0.5, 0.6) is 0 Å². The zero-order valence-corrected chi connectivity index (χ0v) is 15.5. The third-order valence-electron chi connectivity index (χ3n) is 4.21. The average Bonchev–Trinajstić information content (AvgIpc) is 3.29. The molecule has 138 valence electrons. The molecule has 4 rings (SSSR count). The van der Waals surface area contributed by atoms with Crippen LogP contribution in [0.4, 0.5) is 5.82 Å². The molecule has 9 nitrogen and oxygen atoms in total. The minimum absolute atomic E-state index is 0.430. The molecule has 27 heavy (non-hydrogen) atoms. The van der Waals surface area contributed by atoms with Gasteiger partial charge in [-0.15, -0.1) is 0 Å². The molecule has 4 aromatic rings. The number of hydrogen-bond acceptors (Lipinski definition) is 8. The highest BCUT2D eigenvalue weighted by Gasteiger charge is 2.17. The molecule has 9 heteroatoms. The number of aryl methyl sites for hydroxylation is 2. The molecular formula is C18H20N8O. The van der Waals surface area contributed by atoms with Gasteiger partial charge in [-0.1, -0.05) is 12.1 Å². The highest BCUT2D eigenvalue weighted by Crippen LogP contribution is 2.24. The first kappa shape index (κ1) is 17.1. The first-order valence-electron chi connectivity index (χ1n) is 8.78. The SMILES string of the molecule is CCCc1nc(N(C)Cc2nc(-c3cccnc3)no2)c2cnn(C)c2n1. The minimum Gasteiger partial charge on any atom is -0.350 e. The van der Waals surface area contributed by atoms with Gasteiger partial charge >= 0.3 is 0 Å². The summed E-state index contributed by atoms with van der Waals surface area (Å²) in [7, 11) is 3.82. The van der Waals surface area contributed by atoms with Crippen molar-refractivity contribution in [3.05, 3.63) is 42.4 Å². The summed E-state index contributed by atoms with van der Waals surface area (Å²) in [6, 6.07) is 3.73. The Morgan fingerprint density at radius 1 is 1.19 bits per heavy atom. The molecule has 0 fully saturated rings. The normalized spacial score (nSPS) is 11.2. The maximum absolute atomic E-state index is 5.41. The van der Waals surface area contributed by atoms with E-state index in [9.17, 15) is 0 Å². The second-order valence-corrected chi connectivity index (χ2v) is 6.33. The maximum atomic E-state index is 5.41. The molecule has 0 atom stereocenters. The van der Waals surface area contributed by atoms with Crippen molar-refractivity contribution in [2.45, 2.75) is 26.3 Å². The Bertz CT molecular complexity index is 1060. The van der Waals surface area contributed by atoms with Gasteiger partial charge in [-0.25, -0.2) is 9.97 Å². The van der Waals surface area contributed by atoms with Crippen LogP contribution in [0.25, 0.3) is 22.4 Å². The molecule has 4 aromatic heterocycles. The van der Waals surface area contributed by atoms with Crippen molar-refractivity contribution in [1.82, 2.24) is 34.9 Å². The molecule has 0 N–H and O–H groups in total. The monoisotopic (exact) mass is 364 g/mol. The van der Waals surface area contributed by atoms with Gasteiger partial charge in [0.15, 0.2) is 5.65 Å². The summed E-state index contributed by atoms with van der Waals surface area (Å²) in [5.74, 6) is 2.63. The number of anilines is 1. The van der Waals surface area contributed by atoms with Crippen LogP contribution in [-0.4, -0.2) is 41.9 Å². The smallest absolute Gasteiger partial charge is 0.246 e. The summed E-state index contributed by atoms with van der Waals surface area (Å²) in [5.41, 5.74) is 1.63. The maximum Gasteiger partial charge on any atom is 0.246 e. The van der Waals surface area contributed by atoms with E-state index >= 15 is 0 Å². The third-order valence-corrected chi connectivity index (χ3v) is 4.21. The molecule has 0 unspecified atom stereocenters. The quantitative estimate of drug-likeness (QED) is 0.514. The Morgan fingerprint density at radius 2 is 2.07 bits per heavy atom. The lowest BCUT2D eigenvalue weighted by Gasteiger charge is -2.17. The van der Waals surface area contributed by atoms with E-state index < -0.39 is 0 Å². The van der Waals surface area contributed by atoms with Crippen molar-refractivity contribution in [3.8, 4) is 11.4 Å². The van der Waals surface area contributed by atoms with Gasteiger partial charge in [-0.3, -0.25) is 9.67 Å². The van der Waals surface area contributed by atoms with Gasteiger partial charge in [-0.05, 0) is 18.6 Å². The average molecular weight is 364 g/mol. The van der Waals surface area contributed by atoms with Crippen molar-refractivity contribution < 1.29 is 4.52 Å². The zero-order chi connectivity index (χ0) is 18.8. The van der Waals surface area contributed by atoms with Crippen LogP contribution < -0.4 is 4.90 Å². The number of hydrogen-bond donors (Lipinski definition) is 0. The molecule has 4 heterocycles. The van der Waals surface area contributed by atoms with Gasteiger partial charge in [0.05, 0.1) is 18.1 Å². The number of aromatic nitrogens is 7. The predicted molar refractivity (Wildman–Crippen MR) is 99.9 cm³/mol. The molecule has 0 aliphatic rings. The van der Waals surface area contributed by atoms with Gasteiger partial charge in [0, 0.05) is 38.5 Å². The lowest BCUT2D eigenvalue weighted by molar-refractivity contribution is 0.378. The van der Waals surface area contributed by atoms with Gasteiger partial charge < -0.3 is 9.42 Å². The fraction of sp³-hybridized carbons (Fsp3) is 0.333. The number of rotatable bonds is 6. The lowest BCUT2D eigenvalue weighted by Crippen LogP contribution is -2.19. The van der Waals surface area contributed by atoms with E-state index in [2.05, 4.69) is 32.1 Å². The van der Waals surface area contributed by atoms with E-state index in [0.29, 0.717) is 18.3 Å². The summed E-state index contributed by atoms with van der Waals surface area (Å²) in [6.45, 7) is 2.54. The fourth-order valence-corrected chi connectivity index (χ4v) is 2.89. The number of pyridine rings is 1. The van der Waals surface area contributed by atoms with E-state index in [0.717, 1.165) is 41.1 Å². The van der Waals surface area contributed by atoms with Crippen LogP contribution in [0, 0.1) is 0 Å². The minimum atomic E-state index is 0.430. The summed E-state index contributed by atoms with van der Waals surface area (Å²) in [6.07, 6.45) is 6.99. The number of nitrogens with zero attached hydrogens (tertiary/aromatic N) is 8. The van der Waals surface area contributed by atoms with Crippen LogP contribution in [0.3, 0.4) is 0 Å². The molecule has 0 aromatic carbocycles. The molecular weight excluding hydrogens is 344 g/mol. The predicted octanol–water partition coefficient (Wildman–Crippen LogP) is 2.40. The largest absolute Gasteiger partial charge is 0.350 e. The number of fused-ring (bicyclic) bond motifs is 1. The van der Waals surface area contributed by atoms with Crippen LogP contribution in [-0.2, 0) is 20.0 Å². The molecule has 0 saturated carbocycles. The van der Waals surface area contributed by atoms with Gasteiger partial charge in [0.25, 0.3) is 0 Å². The van der Waals surface area contributed by atoms with Crippen LogP contribution >= 0.6 is 0 Å². The lowest BCUT2D eigenvalue weighted by atomic mass is 10.3. The van der Waals surface area contributed by atoms with Crippen molar-refractivity contribution >= 4 is 16.9 Å². The fourth-order valence-electron chi connectivity index (χ4n) is 2.89. The molecule has 0 bridgehead atoms. The van der Waals surface area contributed by atoms with Crippen molar-refractivity contribution in [2.24, 2.45) is 7.05 Å².